The van der Waals surface area contributed by atoms with Gasteiger partial charge in [-0.05, 0) is 24.6 Å². The van der Waals surface area contributed by atoms with E-state index in [1.54, 1.807) is 11.3 Å². The van der Waals surface area contributed by atoms with Crippen molar-refractivity contribution in [1.29, 1.82) is 0 Å². The molecule has 0 saturated heterocycles. The van der Waals surface area contributed by atoms with Crippen molar-refractivity contribution in [3.05, 3.63) is 50.9 Å². The van der Waals surface area contributed by atoms with Crippen LogP contribution in [0.25, 0.3) is 0 Å². The molecule has 0 aliphatic rings. The van der Waals surface area contributed by atoms with Gasteiger partial charge in [-0.25, -0.2) is 4.98 Å². The van der Waals surface area contributed by atoms with Gasteiger partial charge in [-0.3, -0.25) is 0 Å². The van der Waals surface area contributed by atoms with Crippen LogP contribution < -0.4 is 5.32 Å². The Bertz CT molecular complexity index is 467. The lowest BCUT2D eigenvalue weighted by Gasteiger charge is -2.17. The number of rotatable bonds is 5. The van der Waals surface area contributed by atoms with Crippen molar-refractivity contribution in [2.45, 2.75) is 25.8 Å². The molecule has 18 heavy (non-hydrogen) atoms. The third-order valence-corrected chi connectivity index (χ3v) is 4.51. The first kappa shape index (κ1) is 13.7. The van der Waals surface area contributed by atoms with Gasteiger partial charge in [-0.1, -0.05) is 35.0 Å². The maximum Gasteiger partial charge on any atom is 0.0965 e. The molecule has 4 heteroatoms. The average Bonchev–Trinajstić information content (AvgIpc) is 2.90. The van der Waals surface area contributed by atoms with E-state index in [4.69, 9.17) is 0 Å². The van der Waals surface area contributed by atoms with Gasteiger partial charge in [0.25, 0.3) is 0 Å². The van der Waals surface area contributed by atoms with Gasteiger partial charge in [-0.2, -0.15) is 0 Å². The van der Waals surface area contributed by atoms with Crippen LogP contribution in [0, 0.1) is 0 Å². The molecule has 0 bridgehead atoms. The van der Waals surface area contributed by atoms with Crippen molar-refractivity contribution in [3.63, 3.8) is 0 Å². The predicted molar refractivity (Wildman–Crippen MR) is 81.1 cm³/mol. The molecule has 2 rings (SSSR count). The highest BCUT2D eigenvalue weighted by molar-refractivity contribution is 9.10. The van der Waals surface area contributed by atoms with E-state index < -0.39 is 0 Å². The van der Waals surface area contributed by atoms with Gasteiger partial charge in [0.05, 0.1) is 5.01 Å². The Balaban J connectivity index is 1.88. The lowest BCUT2D eigenvalue weighted by Crippen LogP contribution is -2.23. The van der Waals surface area contributed by atoms with Crippen LogP contribution in [-0.2, 0) is 0 Å². The summed E-state index contributed by atoms with van der Waals surface area (Å²) in [5.41, 5.74) is 1.31. The molecular formula is C14H17BrN2S. The van der Waals surface area contributed by atoms with E-state index in [0.29, 0.717) is 12.0 Å². The minimum Gasteiger partial charge on any atom is -0.310 e. The second kappa shape index (κ2) is 6.45. The van der Waals surface area contributed by atoms with Crippen molar-refractivity contribution in [2.24, 2.45) is 0 Å². The maximum atomic E-state index is 4.35. The highest BCUT2D eigenvalue weighted by atomic mass is 79.9. The number of nitrogens with one attached hydrogen (secondary N) is 1. The van der Waals surface area contributed by atoms with Gasteiger partial charge >= 0.3 is 0 Å². The Morgan fingerprint density at radius 3 is 2.61 bits per heavy atom. The number of thiazole rings is 1. The van der Waals surface area contributed by atoms with E-state index in [2.05, 4.69) is 64.3 Å². The van der Waals surface area contributed by atoms with Gasteiger partial charge in [0, 0.05) is 34.6 Å². The molecule has 96 valence electrons. The van der Waals surface area contributed by atoms with Crippen LogP contribution in [0.1, 0.15) is 36.4 Å². The highest BCUT2D eigenvalue weighted by Gasteiger charge is 2.10. The zero-order valence-electron chi connectivity index (χ0n) is 10.6. The van der Waals surface area contributed by atoms with Crippen LogP contribution in [0.4, 0.5) is 0 Å². The molecule has 1 aromatic carbocycles. The Kier molecular flexibility index (Phi) is 4.92. The minimum atomic E-state index is 0.362. The molecule has 2 aromatic rings. The molecule has 0 spiro atoms. The number of benzene rings is 1. The fourth-order valence-electron chi connectivity index (χ4n) is 1.79. The van der Waals surface area contributed by atoms with Crippen LogP contribution in [0.5, 0.6) is 0 Å². The Morgan fingerprint density at radius 1 is 1.28 bits per heavy atom. The van der Waals surface area contributed by atoms with Crippen LogP contribution in [-0.4, -0.2) is 11.5 Å². The molecule has 0 aliphatic heterocycles. The number of hydrogen-bond acceptors (Lipinski definition) is 3. The summed E-state index contributed by atoms with van der Waals surface area (Å²) in [6, 6.07) is 8.82. The van der Waals surface area contributed by atoms with E-state index in [0.717, 1.165) is 11.0 Å². The third kappa shape index (κ3) is 3.64. The lowest BCUT2D eigenvalue weighted by atomic mass is 10.1. The van der Waals surface area contributed by atoms with Gasteiger partial charge in [0.2, 0.25) is 0 Å². The van der Waals surface area contributed by atoms with Crippen LogP contribution in [0.15, 0.2) is 40.3 Å². The number of halogens is 1. The number of nitrogens with zero attached hydrogens (tertiary/aromatic N) is 1. The Labute approximate surface area is 121 Å². The molecule has 1 heterocycles. The molecule has 2 nitrogen and oxygen atoms in total. The smallest absolute Gasteiger partial charge is 0.0965 e. The Hall–Kier alpha value is -0.710. The molecular weight excluding hydrogens is 308 g/mol. The van der Waals surface area contributed by atoms with Crippen LogP contribution in [0.3, 0.4) is 0 Å². The fraction of sp³-hybridized carbons (Fsp3) is 0.357. The summed E-state index contributed by atoms with van der Waals surface area (Å²) in [6.07, 6.45) is 1.87. The molecule has 1 aromatic heterocycles. The number of hydrogen-bond donors (Lipinski definition) is 1. The third-order valence-electron chi connectivity index (χ3n) is 2.97. The average molecular weight is 325 g/mol. The lowest BCUT2D eigenvalue weighted by molar-refractivity contribution is 0.536. The SMILES string of the molecule is CC(CNC(C)c1ccc(Br)cc1)c1nccs1. The van der Waals surface area contributed by atoms with Crippen LogP contribution >= 0.6 is 27.3 Å². The van der Waals surface area contributed by atoms with E-state index in [-0.39, 0.29) is 0 Å². The summed E-state index contributed by atoms with van der Waals surface area (Å²) < 4.78 is 1.12. The summed E-state index contributed by atoms with van der Waals surface area (Å²) in [6.45, 7) is 5.35. The first-order valence-corrected chi connectivity index (χ1v) is 7.72. The van der Waals surface area contributed by atoms with Crippen molar-refractivity contribution in [3.8, 4) is 0 Å². The normalized spacial score (nSPS) is 14.4. The molecule has 2 atom stereocenters. The van der Waals surface area contributed by atoms with Crippen molar-refractivity contribution >= 4 is 27.3 Å². The molecule has 0 saturated carbocycles. The van der Waals surface area contributed by atoms with Gasteiger partial charge in [0.15, 0.2) is 0 Å². The van der Waals surface area contributed by atoms with Crippen molar-refractivity contribution < 1.29 is 0 Å². The molecule has 0 aliphatic carbocycles. The Morgan fingerprint density at radius 2 is 2.00 bits per heavy atom. The zero-order valence-corrected chi connectivity index (χ0v) is 13.0. The van der Waals surface area contributed by atoms with Crippen molar-refractivity contribution in [2.75, 3.05) is 6.54 Å². The van der Waals surface area contributed by atoms with Gasteiger partial charge < -0.3 is 5.32 Å². The summed E-state index contributed by atoms with van der Waals surface area (Å²) in [7, 11) is 0. The van der Waals surface area contributed by atoms with Gasteiger partial charge in [0.1, 0.15) is 0 Å². The highest BCUT2D eigenvalue weighted by Crippen LogP contribution is 2.20. The fourth-order valence-corrected chi connectivity index (χ4v) is 2.75. The second-order valence-corrected chi connectivity index (χ2v) is 6.29. The van der Waals surface area contributed by atoms with Crippen molar-refractivity contribution in [1.82, 2.24) is 10.3 Å². The summed E-state index contributed by atoms with van der Waals surface area (Å²) in [5.74, 6) is 0.461. The molecule has 0 amide bonds. The largest absolute Gasteiger partial charge is 0.310 e. The van der Waals surface area contributed by atoms with E-state index in [1.165, 1.54) is 10.6 Å². The maximum absolute atomic E-state index is 4.35. The monoisotopic (exact) mass is 324 g/mol. The van der Waals surface area contributed by atoms with E-state index >= 15 is 0 Å². The van der Waals surface area contributed by atoms with Gasteiger partial charge in [-0.15, -0.1) is 11.3 Å². The quantitative estimate of drug-likeness (QED) is 0.883. The zero-order chi connectivity index (χ0) is 13.0. The molecule has 0 fully saturated rings. The minimum absolute atomic E-state index is 0.362. The molecule has 0 radical (unpaired) electrons. The predicted octanol–water partition coefficient (Wildman–Crippen LogP) is 4.36. The summed E-state index contributed by atoms with van der Waals surface area (Å²) in [5, 5.41) is 6.79. The molecule has 1 N–H and O–H groups in total. The first-order chi connectivity index (χ1) is 8.66. The van der Waals surface area contributed by atoms with Crippen LogP contribution in [0.2, 0.25) is 0 Å². The summed E-state index contributed by atoms with van der Waals surface area (Å²) in [4.78, 5) is 4.35. The number of aromatic nitrogens is 1. The second-order valence-electron chi connectivity index (χ2n) is 4.45. The standard InChI is InChI=1S/C14H17BrN2S/c1-10(14-16-7-8-18-14)9-17-11(2)12-3-5-13(15)6-4-12/h3-8,10-11,17H,9H2,1-2H3. The summed E-state index contributed by atoms with van der Waals surface area (Å²) >= 11 is 5.18. The topological polar surface area (TPSA) is 24.9 Å². The molecule has 2 unspecified atom stereocenters. The first-order valence-electron chi connectivity index (χ1n) is 6.05. The van der Waals surface area contributed by atoms with E-state index in [9.17, 15) is 0 Å². The van der Waals surface area contributed by atoms with E-state index in [1.807, 2.05) is 11.6 Å².